The van der Waals surface area contributed by atoms with E-state index in [9.17, 15) is 9.90 Å². The Kier molecular flexibility index (Phi) is 4.66. The van der Waals surface area contributed by atoms with Crippen molar-refractivity contribution in [2.45, 2.75) is 19.1 Å². The van der Waals surface area contributed by atoms with Gasteiger partial charge in [-0.05, 0) is 47.4 Å². The third-order valence-corrected chi connectivity index (χ3v) is 4.48. The summed E-state index contributed by atoms with van der Waals surface area (Å²) < 4.78 is 0. The molecule has 0 saturated heterocycles. The quantitative estimate of drug-likeness (QED) is 0.903. The van der Waals surface area contributed by atoms with E-state index in [0.717, 1.165) is 24.1 Å². The molecular weight excluding hydrogens is 314 g/mol. The summed E-state index contributed by atoms with van der Waals surface area (Å²) in [6.45, 7) is 2.02. The summed E-state index contributed by atoms with van der Waals surface area (Å²) in [4.78, 5) is 13.2. The molecule has 2 aromatic rings. The third kappa shape index (κ3) is 3.72. The molecule has 0 spiro atoms. The van der Waals surface area contributed by atoms with Crippen molar-refractivity contribution in [3.05, 3.63) is 69.7 Å². The predicted octanol–water partition coefficient (Wildman–Crippen LogP) is 3.13. The maximum atomic E-state index is 11.1. The van der Waals surface area contributed by atoms with Crippen LogP contribution in [0, 0.1) is 0 Å². The van der Waals surface area contributed by atoms with Crippen LogP contribution in [0.4, 0.5) is 0 Å². The average molecular weight is 332 g/mol. The first-order chi connectivity index (χ1) is 11.0. The number of aromatic carboxylic acids is 1. The number of rotatable bonds is 4. The SMILES string of the molecule is O=C(O)c1ccc2c(c1)CN(C[C@H](O)c1ccc(Cl)cc1)CC2. The van der Waals surface area contributed by atoms with E-state index >= 15 is 0 Å². The number of fused-ring (bicyclic) bond motifs is 1. The van der Waals surface area contributed by atoms with Crippen molar-refractivity contribution < 1.29 is 15.0 Å². The highest BCUT2D eigenvalue weighted by atomic mass is 35.5. The van der Waals surface area contributed by atoms with Crippen molar-refractivity contribution in [3.63, 3.8) is 0 Å². The highest BCUT2D eigenvalue weighted by molar-refractivity contribution is 6.30. The van der Waals surface area contributed by atoms with E-state index in [0.29, 0.717) is 23.7 Å². The number of hydrogen-bond donors (Lipinski definition) is 2. The maximum Gasteiger partial charge on any atom is 0.335 e. The number of aliphatic hydroxyl groups is 1. The molecule has 120 valence electrons. The Labute approximate surface area is 139 Å². The van der Waals surface area contributed by atoms with Crippen LogP contribution >= 0.6 is 11.6 Å². The lowest BCUT2D eigenvalue weighted by molar-refractivity contribution is 0.0696. The van der Waals surface area contributed by atoms with E-state index in [1.165, 1.54) is 5.56 Å². The van der Waals surface area contributed by atoms with Gasteiger partial charge in [-0.2, -0.15) is 0 Å². The fraction of sp³-hybridized carbons (Fsp3) is 0.278. The van der Waals surface area contributed by atoms with Gasteiger partial charge in [-0.3, -0.25) is 4.90 Å². The summed E-state index contributed by atoms with van der Waals surface area (Å²) in [5.41, 5.74) is 3.36. The lowest BCUT2D eigenvalue weighted by Gasteiger charge is -2.30. The van der Waals surface area contributed by atoms with E-state index in [4.69, 9.17) is 16.7 Å². The molecular formula is C18H18ClNO3. The number of aliphatic hydroxyl groups excluding tert-OH is 1. The normalized spacial score (nSPS) is 15.9. The minimum Gasteiger partial charge on any atom is -0.478 e. The zero-order chi connectivity index (χ0) is 16.4. The first-order valence-corrected chi connectivity index (χ1v) is 7.91. The Balaban J connectivity index is 1.70. The fourth-order valence-corrected chi connectivity index (χ4v) is 3.07. The zero-order valence-electron chi connectivity index (χ0n) is 12.6. The monoisotopic (exact) mass is 331 g/mol. The molecule has 0 amide bonds. The second-order valence-electron chi connectivity index (χ2n) is 5.84. The summed E-state index contributed by atoms with van der Waals surface area (Å²) in [6.07, 6.45) is 0.277. The largest absolute Gasteiger partial charge is 0.478 e. The van der Waals surface area contributed by atoms with Gasteiger partial charge in [0, 0.05) is 24.7 Å². The van der Waals surface area contributed by atoms with Gasteiger partial charge in [-0.15, -0.1) is 0 Å². The van der Waals surface area contributed by atoms with Crippen molar-refractivity contribution in [1.82, 2.24) is 4.90 Å². The van der Waals surface area contributed by atoms with E-state index in [-0.39, 0.29) is 0 Å². The number of β-amino-alcohol motifs (C(OH)–C–C–N with tert-alkyl or cyclic N) is 1. The molecule has 0 saturated carbocycles. The Hall–Kier alpha value is -1.88. The van der Waals surface area contributed by atoms with E-state index in [1.807, 2.05) is 18.2 Å². The first-order valence-electron chi connectivity index (χ1n) is 7.54. The topological polar surface area (TPSA) is 60.8 Å². The lowest BCUT2D eigenvalue weighted by Crippen LogP contribution is -2.34. The van der Waals surface area contributed by atoms with Gasteiger partial charge in [0.1, 0.15) is 0 Å². The van der Waals surface area contributed by atoms with Crippen LogP contribution in [0.2, 0.25) is 5.02 Å². The minimum absolute atomic E-state index is 0.309. The van der Waals surface area contributed by atoms with Gasteiger partial charge in [0.15, 0.2) is 0 Å². The molecule has 0 fully saturated rings. The molecule has 0 unspecified atom stereocenters. The number of carboxylic acids is 1. The molecule has 0 radical (unpaired) electrons. The highest BCUT2D eigenvalue weighted by Gasteiger charge is 2.20. The fourth-order valence-electron chi connectivity index (χ4n) is 2.94. The molecule has 2 aromatic carbocycles. The Morgan fingerprint density at radius 3 is 2.61 bits per heavy atom. The van der Waals surface area contributed by atoms with Gasteiger partial charge < -0.3 is 10.2 Å². The summed E-state index contributed by atoms with van der Waals surface area (Å²) >= 11 is 5.86. The first kappa shape index (κ1) is 16.0. The van der Waals surface area contributed by atoms with Crippen LogP contribution in [0.25, 0.3) is 0 Å². The molecule has 3 rings (SSSR count). The van der Waals surface area contributed by atoms with Gasteiger partial charge in [0.05, 0.1) is 11.7 Å². The molecule has 2 N–H and O–H groups in total. The van der Waals surface area contributed by atoms with Crippen molar-refractivity contribution in [2.75, 3.05) is 13.1 Å². The molecule has 5 heteroatoms. The van der Waals surface area contributed by atoms with Crippen LogP contribution in [0.1, 0.15) is 33.2 Å². The van der Waals surface area contributed by atoms with Crippen molar-refractivity contribution in [1.29, 1.82) is 0 Å². The van der Waals surface area contributed by atoms with Crippen LogP contribution in [0.15, 0.2) is 42.5 Å². The van der Waals surface area contributed by atoms with Crippen LogP contribution in [0.3, 0.4) is 0 Å². The maximum absolute atomic E-state index is 11.1. The number of carbonyl (C=O) groups is 1. The number of hydrogen-bond acceptors (Lipinski definition) is 3. The highest BCUT2D eigenvalue weighted by Crippen LogP contribution is 2.23. The number of benzene rings is 2. The van der Waals surface area contributed by atoms with Gasteiger partial charge in [-0.1, -0.05) is 29.8 Å². The number of halogens is 1. The standard InChI is InChI=1S/C18H18ClNO3/c19-16-5-3-13(4-6-16)17(21)11-20-8-7-12-1-2-14(18(22)23)9-15(12)10-20/h1-6,9,17,21H,7-8,10-11H2,(H,22,23)/t17-/m0/s1. The van der Waals surface area contributed by atoms with Gasteiger partial charge in [-0.25, -0.2) is 4.79 Å². The average Bonchev–Trinajstić information content (AvgIpc) is 2.54. The molecule has 1 aliphatic rings. The molecule has 1 heterocycles. The number of carboxylic acid groups (broad SMARTS) is 1. The Morgan fingerprint density at radius 1 is 1.17 bits per heavy atom. The van der Waals surface area contributed by atoms with E-state index in [1.54, 1.807) is 24.3 Å². The number of nitrogens with zero attached hydrogens (tertiary/aromatic N) is 1. The van der Waals surface area contributed by atoms with Crippen molar-refractivity contribution >= 4 is 17.6 Å². The third-order valence-electron chi connectivity index (χ3n) is 4.23. The molecule has 1 aliphatic heterocycles. The van der Waals surface area contributed by atoms with E-state index < -0.39 is 12.1 Å². The molecule has 23 heavy (non-hydrogen) atoms. The summed E-state index contributed by atoms with van der Waals surface area (Å²) in [5, 5.41) is 20.1. The van der Waals surface area contributed by atoms with Gasteiger partial charge in [0.25, 0.3) is 0 Å². The smallest absolute Gasteiger partial charge is 0.335 e. The molecule has 0 aromatic heterocycles. The molecule has 0 aliphatic carbocycles. The van der Waals surface area contributed by atoms with Crippen LogP contribution in [-0.4, -0.2) is 34.2 Å². The van der Waals surface area contributed by atoms with Crippen LogP contribution in [0.5, 0.6) is 0 Å². The van der Waals surface area contributed by atoms with Crippen LogP contribution in [-0.2, 0) is 13.0 Å². The molecule has 4 nitrogen and oxygen atoms in total. The predicted molar refractivity (Wildman–Crippen MR) is 88.8 cm³/mol. The van der Waals surface area contributed by atoms with E-state index in [2.05, 4.69) is 4.90 Å². The van der Waals surface area contributed by atoms with Crippen molar-refractivity contribution in [2.24, 2.45) is 0 Å². The lowest BCUT2D eigenvalue weighted by atomic mass is 9.97. The van der Waals surface area contributed by atoms with Crippen molar-refractivity contribution in [3.8, 4) is 0 Å². The summed E-state index contributed by atoms with van der Waals surface area (Å²) in [7, 11) is 0. The Morgan fingerprint density at radius 2 is 1.91 bits per heavy atom. The zero-order valence-corrected chi connectivity index (χ0v) is 13.3. The summed E-state index contributed by atoms with van der Waals surface area (Å²) in [5.74, 6) is -0.911. The second-order valence-corrected chi connectivity index (χ2v) is 6.28. The minimum atomic E-state index is -0.911. The van der Waals surface area contributed by atoms with Crippen LogP contribution < -0.4 is 0 Å². The second kappa shape index (κ2) is 6.71. The Bertz CT molecular complexity index is 715. The van der Waals surface area contributed by atoms with Gasteiger partial charge >= 0.3 is 5.97 Å². The molecule has 0 bridgehead atoms. The van der Waals surface area contributed by atoms with Gasteiger partial charge in [0.2, 0.25) is 0 Å². The summed E-state index contributed by atoms with van der Waals surface area (Å²) in [6, 6.07) is 12.5. The molecule has 1 atom stereocenters.